The summed E-state index contributed by atoms with van der Waals surface area (Å²) in [5, 5.41) is 17.8. The van der Waals surface area contributed by atoms with Crippen LogP contribution in [0.15, 0.2) is 65.2 Å². The standard InChI is InChI=1S/C41H49F3N6O5.C5H10O.C2H6/c1-7-8-10-33(52)27(6)34(53)11-9-17-40(22-25(2)3)18-14-32-36(40)38(55)50-39(46-37(47-50)28-15-19-48(24-51)20-16-28)49(32)23-35(54)45-31-13-12-29(41(42,43)44)21-30(31)26(4)5;1-5(2)3-6-4-5;1-2/h7-8,10,12-13,15,21,24-26,52H,6,9,11,14,16-20,22-23H2,1-5H3,(H,45,54);3-4H2,1-2H3;1-2H3/b8-7-,33-10+;;. The number of ketones is 1. The zero-order valence-corrected chi connectivity index (χ0v) is 38.3. The van der Waals surface area contributed by atoms with Gasteiger partial charge in [0, 0.05) is 47.3 Å². The summed E-state index contributed by atoms with van der Waals surface area (Å²) in [5.74, 6) is -0.750. The van der Waals surface area contributed by atoms with Crippen LogP contribution in [0.25, 0.3) is 11.4 Å². The third kappa shape index (κ3) is 12.2. The molecular weight excluding hydrogens is 814 g/mol. The predicted molar refractivity (Wildman–Crippen MR) is 241 cm³/mol. The predicted octanol–water partition coefficient (Wildman–Crippen LogP) is 9.53. The van der Waals surface area contributed by atoms with Crippen molar-refractivity contribution in [2.75, 3.05) is 31.6 Å². The van der Waals surface area contributed by atoms with Crippen molar-refractivity contribution in [1.82, 2.24) is 24.1 Å². The van der Waals surface area contributed by atoms with Crippen molar-refractivity contribution in [1.29, 1.82) is 0 Å². The summed E-state index contributed by atoms with van der Waals surface area (Å²) in [7, 11) is 0. The molecule has 2 aliphatic heterocycles. The zero-order chi connectivity index (χ0) is 46.9. The Morgan fingerprint density at radius 2 is 1.79 bits per heavy atom. The summed E-state index contributed by atoms with van der Waals surface area (Å²) in [6.45, 7) is 24.0. The third-order valence-corrected chi connectivity index (χ3v) is 11.4. The lowest BCUT2D eigenvalue weighted by Gasteiger charge is -2.33. The maximum Gasteiger partial charge on any atom is 0.416 e. The Kier molecular flexibility index (Phi) is 17.1. The van der Waals surface area contributed by atoms with Crippen LogP contribution in [0.5, 0.6) is 0 Å². The molecule has 2 aromatic heterocycles. The number of anilines is 1. The second-order valence-electron chi connectivity index (χ2n) is 17.8. The van der Waals surface area contributed by atoms with Crippen LogP contribution in [0.2, 0.25) is 0 Å². The molecule has 0 spiro atoms. The summed E-state index contributed by atoms with van der Waals surface area (Å²) in [4.78, 5) is 59.3. The first-order valence-electron chi connectivity index (χ1n) is 21.9. The number of ether oxygens (including phenoxy) is 1. The van der Waals surface area contributed by atoms with Crippen LogP contribution < -0.4 is 10.9 Å². The number of Topliss-reactive ketones (excluding diaryl/α,β-unsaturated/α-hetero) is 1. The quantitative estimate of drug-likeness (QED) is 0.0664. The number of carbonyl (C=O) groups is 3. The highest BCUT2D eigenvalue weighted by atomic mass is 19.4. The van der Waals surface area contributed by atoms with Gasteiger partial charge in [0.05, 0.1) is 24.4 Å². The van der Waals surface area contributed by atoms with Gasteiger partial charge in [-0.15, -0.1) is 5.10 Å². The number of benzene rings is 1. The molecular formula is C48H65F3N6O6. The van der Waals surface area contributed by atoms with Crippen molar-refractivity contribution >= 4 is 35.1 Å². The fourth-order valence-corrected chi connectivity index (χ4v) is 8.34. The SMILES string of the molecule is C=C(C(=O)CCCC1(CC(C)C)CCc2c1c(=O)n1nc(C3=CCN(C=O)CC3)nc1n2CC(=O)Nc1ccc(C(F)(F)F)cc1C(C)C)/C(O)=C\C=C/C.CC.CC1(C)COC1. The summed E-state index contributed by atoms with van der Waals surface area (Å²) in [5.41, 5.74) is 1.12. The number of fused-ring (bicyclic) bond motifs is 2. The van der Waals surface area contributed by atoms with E-state index in [9.17, 15) is 37.5 Å². The largest absolute Gasteiger partial charge is 0.507 e. The van der Waals surface area contributed by atoms with Gasteiger partial charge in [0.25, 0.3) is 5.56 Å². The number of aliphatic hydroxyl groups excluding tert-OH is 1. The van der Waals surface area contributed by atoms with Crippen LogP contribution in [0, 0.1) is 11.3 Å². The molecule has 12 nitrogen and oxygen atoms in total. The van der Waals surface area contributed by atoms with E-state index in [0.29, 0.717) is 79.7 Å². The Balaban J connectivity index is 0.000000990. The molecule has 2 N–H and O–H groups in total. The molecule has 0 bridgehead atoms. The lowest BCUT2D eigenvalue weighted by Crippen LogP contribution is -2.36. The molecule has 0 radical (unpaired) electrons. The molecule has 1 aliphatic carbocycles. The minimum absolute atomic E-state index is 0.00926. The van der Waals surface area contributed by atoms with Crippen LogP contribution in [0.1, 0.15) is 135 Å². The number of allylic oxidation sites excluding steroid dienone is 4. The number of hydrogen-bond donors (Lipinski definition) is 2. The number of amides is 2. The highest BCUT2D eigenvalue weighted by Gasteiger charge is 2.44. The topological polar surface area (TPSA) is 148 Å². The Hall–Kier alpha value is -5.31. The first kappa shape index (κ1) is 50.3. The van der Waals surface area contributed by atoms with Gasteiger partial charge in [0.1, 0.15) is 12.3 Å². The van der Waals surface area contributed by atoms with Gasteiger partial charge < -0.3 is 24.6 Å². The van der Waals surface area contributed by atoms with Crippen molar-refractivity contribution in [3.8, 4) is 0 Å². The normalized spacial score (nSPS) is 18.3. The van der Waals surface area contributed by atoms with Gasteiger partial charge in [0.2, 0.25) is 18.1 Å². The van der Waals surface area contributed by atoms with Gasteiger partial charge in [-0.1, -0.05) is 80.2 Å². The molecule has 1 fully saturated rings. The number of nitrogens with one attached hydrogen (secondary N) is 1. The van der Waals surface area contributed by atoms with Gasteiger partial charge >= 0.3 is 6.18 Å². The van der Waals surface area contributed by atoms with Crippen LogP contribution in [-0.4, -0.2) is 73.6 Å². The van der Waals surface area contributed by atoms with Crippen molar-refractivity contribution in [2.45, 2.75) is 131 Å². The van der Waals surface area contributed by atoms with Crippen LogP contribution in [-0.2, 0) is 43.7 Å². The zero-order valence-electron chi connectivity index (χ0n) is 38.3. The second kappa shape index (κ2) is 21.4. The molecule has 3 aromatic rings. The average molecular weight is 879 g/mol. The van der Waals surface area contributed by atoms with Crippen LogP contribution in [0.4, 0.5) is 18.9 Å². The molecule has 3 aliphatic rings. The number of nitrogens with zero attached hydrogens (tertiary/aromatic N) is 5. The number of aromatic nitrogens is 4. The molecule has 1 saturated heterocycles. The molecule has 15 heteroatoms. The molecule has 1 atom stereocenters. The van der Waals surface area contributed by atoms with E-state index in [2.05, 4.69) is 44.7 Å². The lowest BCUT2D eigenvalue weighted by molar-refractivity contribution is -0.137. The Bertz CT molecular complexity index is 2290. The fraction of sp³-hybridized carbons (Fsp3) is 0.542. The number of halogens is 3. The summed E-state index contributed by atoms with van der Waals surface area (Å²) in [6.07, 6.45) is 5.86. The molecule has 6 rings (SSSR count). The van der Waals surface area contributed by atoms with Gasteiger partial charge in [-0.25, -0.2) is 0 Å². The van der Waals surface area contributed by atoms with Gasteiger partial charge in [-0.05, 0) is 92.7 Å². The maximum atomic E-state index is 14.6. The Morgan fingerprint density at radius 3 is 2.33 bits per heavy atom. The van der Waals surface area contributed by atoms with E-state index in [0.717, 1.165) is 37.3 Å². The maximum absolute atomic E-state index is 14.6. The fourth-order valence-electron chi connectivity index (χ4n) is 8.34. The Morgan fingerprint density at radius 1 is 1.11 bits per heavy atom. The van der Waals surface area contributed by atoms with Crippen LogP contribution in [0.3, 0.4) is 0 Å². The van der Waals surface area contributed by atoms with Crippen molar-refractivity contribution in [3.63, 3.8) is 0 Å². The number of hydrogen-bond acceptors (Lipinski definition) is 8. The summed E-state index contributed by atoms with van der Waals surface area (Å²) in [6, 6.07) is 3.24. The molecule has 1 unspecified atom stereocenters. The molecule has 344 valence electrons. The highest BCUT2D eigenvalue weighted by molar-refractivity contribution is 5.98. The summed E-state index contributed by atoms with van der Waals surface area (Å²) >= 11 is 0. The first-order chi connectivity index (χ1) is 29.7. The minimum atomic E-state index is -4.55. The summed E-state index contributed by atoms with van der Waals surface area (Å²) < 4.78 is 48.6. The van der Waals surface area contributed by atoms with E-state index in [1.807, 2.05) is 19.9 Å². The number of carbonyl (C=O) groups excluding carboxylic acids is 3. The van der Waals surface area contributed by atoms with E-state index >= 15 is 0 Å². The molecule has 2 amide bonds. The Labute approximate surface area is 369 Å². The molecule has 0 saturated carbocycles. The van der Waals surface area contributed by atoms with E-state index in [-0.39, 0.29) is 58.9 Å². The minimum Gasteiger partial charge on any atom is -0.507 e. The number of aliphatic hydroxyl groups is 1. The van der Waals surface area contributed by atoms with Gasteiger partial charge in [-0.3, -0.25) is 19.2 Å². The monoisotopic (exact) mass is 878 g/mol. The van der Waals surface area contributed by atoms with E-state index in [1.165, 1.54) is 16.7 Å². The van der Waals surface area contributed by atoms with E-state index in [4.69, 9.17) is 9.72 Å². The molecule has 4 heterocycles. The van der Waals surface area contributed by atoms with Gasteiger partial charge in [0.15, 0.2) is 11.6 Å². The van der Waals surface area contributed by atoms with Gasteiger partial charge in [-0.2, -0.15) is 22.7 Å². The lowest BCUT2D eigenvalue weighted by atomic mass is 9.72. The van der Waals surface area contributed by atoms with Crippen molar-refractivity contribution in [3.05, 3.63) is 99.0 Å². The first-order valence-corrected chi connectivity index (χ1v) is 21.9. The second-order valence-corrected chi connectivity index (χ2v) is 17.8. The number of alkyl halides is 3. The third-order valence-electron chi connectivity index (χ3n) is 11.4. The van der Waals surface area contributed by atoms with E-state index < -0.39 is 23.1 Å². The van der Waals surface area contributed by atoms with Crippen LogP contribution >= 0.6 is 0 Å². The van der Waals surface area contributed by atoms with Crippen molar-refractivity contribution < 1.29 is 37.4 Å². The average Bonchev–Trinajstić information content (AvgIpc) is 3.84. The molecule has 63 heavy (non-hydrogen) atoms. The molecule has 1 aromatic carbocycles. The highest BCUT2D eigenvalue weighted by Crippen LogP contribution is 2.46. The number of rotatable bonds is 15. The van der Waals surface area contributed by atoms with E-state index in [1.54, 1.807) is 42.4 Å². The smallest absolute Gasteiger partial charge is 0.416 e. The van der Waals surface area contributed by atoms with Crippen molar-refractivity contribution in [2.24, 2.45) is 11.3 Å².